The van der Waals surface area contributed by atoms with E-state index in [9.17, 15) is 0 Å². The highest BCUT2D eigenvalue weighted by Gasteiger charge is 2.18. The Morgan fingerprint density at radius 2 is 1.79 bits per heavy atom. The fourth-order valence-corrected chi connectivity index (χ4v) is 4.00. The minimum atomic E-state index is 0.560. The number of hydrogen-bond acceptors (Lipinski definition) is 7. The molecule has 0 radical (unpaired) electrons. The van der Waals surface area contributed by atoms with Gasteiger partial charge in [0.05, 0.1) is 13.2 Å². The van der Waals surface area contributed by atoms with Crippen LogP contribution in [0.5, 0.6) is 11.5 Å². The summed E-state index contributed by atoms with van der Waals surface area (Å²) in [7, 11) is 0. The van der Waals surface area contributed by atoms with Gasteiger partial charge in [-0.25, -0.2) is 0 Å². The van der Waals surface area contributed by atoms with Gasteiger partial charge in [0.15, 0.2) is 17.3 Å². The van der Waals surface area contributed by atoms with Gasteiger partial charge in [-0.2, -0.15) is 9.61 Å². The first-order valence-electron chi connectivity index (χ1n) is 9.38. The average Bonchev–Trinajstić information content (AvgIpc) is 3.43. The van der Waals surface area contributed by atoms with E-state index in [0.29, 0.717) is 35.5 Å². The van der Waals surface area contributed by atoms with Gasteiger partial charge in [-0.3, -0.25) is 0 Å². The number of aromatic nitrogens is 4. The molecule has 0 saturated carbocycles. The molecular weight excluding hydrogens is 388 g/mol. The highest BCUT2D eigenvalue weighted by atomic mass is 32.1. The maximum absolute atomic E-state index is 5.93. The Morgan fingerprint density at radius 3 is 2.62 bits per heavy atom. The summed E-state index contributed by atoms with van der Waals surface area (Å²) >= 11 is 1.46. The van der Waals surface area contributed by atoms with Crippen LogP contribution in [0.3, 0.4) is 0 Å². The molecule has 0 unspecified atom stereocenters. The maximum atomic E-state index is 5.93. The second kappa shape index (κ2) is 7.21. The first kappa shape index (κ1) is 17.7. The minimum absolute atomic E-state index is 0.560. The highest BCUT2D eigenvalue weighted by Crippen LogP contribution is 2.35. The first-order valence-corrected chi connectivity index (χ1v) is 10.2. The van der Waals surface area contributed by atoms with E-state index in [0.717, 1.165) is 27.3 Å². The standard InChI is InChI=1S/C21H18N4O3S/c1-3-26-16-10-9-14(12-17(16)27-4-2)20-24-25-19(22-23-21(25)29-20)18-11-13-7-5-6-8-15(13)28-18/h5-12H,3-4H2,1-2H3. The molecule has 29 heavy (non-hydrogen) atoms. The Bertz CT molecular complexity index is 1270. The maximum Gasteiger partial charge on any atom is 0.235 e. The van der Waals surface area contributed by atoms with E-state index in [2.05, 4.69) is 10.2 Å². The molecule has 0 bridgehead atoms. The summed E-state index contributed by atoms with van der Waals surface area (Å²) < 4.78 is 19.0. The molecule has 0 spiro atoms. The summed E-state index contributed by atoms with van der Waals surface area (Å²) in [6.45, 7) is 5.04. The van der Waals surface area contributed by atoms with E-state index in [1.165, 1.54) is 11.3 Å². The largest absolute Gasteiger partial charge is 0.490 e. The summed E-state index contributed by atoms with van der Waals surface area (Å²) in [6.07, 6.45) is 0. The molecule has 146 valence electrons. The Hall–Kier alpha value is -3.39. The summed E-state index contributed by atoms with van der Waals surface area (Å²) in [5.74, 6) is 2.64. The van der Waals surface area contributed by atoms with Crippen LogP contribution in [0.1, 0.15) is 13.8 Å². The van der Waals surface area contributed by atoms with Gasteiger partial charge < -0.3 is 13.9 Å². The smallest absolute Gasteiger partial charge is 0.235 e. The Kier molecular flexibility index (Phi) is 4.40. The number of benzene rings is 2. The van der Waals surface area contributed by atoms with E-state index in [1.807, 2.05) is 62.4 Å². The van der Waals surface area contributed by atoms with Crippen LogP contribution in [-0.2, 0) is 0 Å². The summed E-state index contributed by atoms with van der Waals surface area (Å²) in [6, 6.07) is 15.6. The first-order chi connectivity index (χ1) is 14.3. The Morgan fingerprint density at radius 1 is 0.966 bits per heavy atom. The lowest BCUT2D eigenvalue weighted by Crippen LogP contribution is -1.98. The van der Waals surface area contributed by atoms with Crippen molar-refractivity contribution >= 4 is 27.3 Å². The van der Waals surface area contributed by atoms with Gasteiger partial charge in [0.1, 0.15) is 10.6 Å². The van der Waals surface area contributed by atoms with Crippen molar-refractivity contribution in [2.24, 2.45) is 0 Å². The van der Waals surface area contributed by atoms with Crippen molar-refractivity contribution in [3.63, 3.8) is 0 Å². The van der Waals surface area contributed by atoms with Crippen molar-refractivity contribution < 1.29 is 13.9 Å². The second-order valence-electron chi connectivity index (χ2n) is 6.30. The van der Waals surface area contributed by atoms with E-state index in [1.54, 1.807) is 4.52 Å². The fraction of sp³-hybridized carbons (Fsp3) is 0.190. The van der Waals surface area contributed by atoms with E-state index >= 15 is 0 Å². The minimum Gasteiger partial charge on any atom is -0.490 e. The predicted octanol–water partition coefficient (Wildman–Crippen LogP) is 5.06. The zero-order chi connectivity index (χ0) is 19.8. The van der Waals surface area contributed by atoms with Gasteiger partial charge in [0.2, 0.25) is 10.8 Å². The van der Waals surface area contributed by atoms with E-state index < -0.39 is 0 Å². The fourth-order valence-electron chi connectivity index (χ4n) is 3.16. The molecular formula is C21H18N4O3S. The molecule has 0 fully saturated rings. The van der Waals surface area contributed by atoms with Crippen molar-refractivity contribution in [3.8, 4) is 33.7 Å². The molecule has 5 rings (SSSR count). The van der Waals surface area contributed by atoms with Crippen molar-refractivity contribution in [2.75, 3.05) is 13.2 Å². The lowest BCUT2D eigenvalue weighted by atomic mass is 10.2. The molecule has 7 nitrogen and oxygen atoms in total. The monoisotopic (exact) mass is 406 g/mol. The number of para-hydroxylation sites is 1. The van der Waals surface area contributed by atoms with Gasteiger partial charge in [-0.1, -0.05) is 29.5 Å². The normalized spacial score (nSPS) is 11.4. The van der Waals surface area contributed by atoms with Crippen LogP contribution >= 0.6 is 11.3 Å². The van der Waals surface area contributed by atoms with Crippen LogP contribution in [0.15, 0.2) is 52.9 Å². The van der Waals surface area contributed by atoms with Gasteiger partial charge in [0.25, 0.3) is 0 Å². The molecule has 2 aromatic carbocycles. The Labute approximate surface area is 170 Å². The van der Waals surface area contributed by atoms with E-state index in [4.69, 9.17) is 19.0 Å². The molecule has 0 saturated heterocycles. The van der Waals surface area contributed by atoms with Crippen LogP contribution < -0.4 is 9.47 Å². The topological polar surface area (TPSA) is 74.7 Å². The molecule has 0 aliphatic carbocycles. The van der Waals surface area contributed by atoms with Gasteiger partial charge in [-0.05, 0) is 44.2 Å². The zero-order valence-corrected chi connectivity index (χ0v) is 16.8. The summed E-state index contributed by atoms with van der Waals surface area (Å²) in [5.41, 5.74) is 1.74. The number of rotatable bonds is 6. The summed E-state index contributed by atoms with van der Waals surface area (Å²) in [5, 5.41) is 15.1. The molecule has 5 aromatic rings. The van der Waals surface area contributed by atoms with Crippen molar-refractivity contribution in [3.05, 3.63) is 48.5 Å². The lowest BCUT2D eigenvalue weighted by Gasteiger charge is -2.11. The van der Waals surface area contributed by atoms with Crippen LogP contribution in [0.4, 0.5) is 0 Å². The third-order valence-corrected chi connectivity index (χ3v) is 5.37. The number of ether oxygens (including phenoxy) is 2. The second-order valence-corrected chi connectivity index (χ2v) is 7.26. The van der Waals surface area contributed by atoms with Crippen LogP contribution in [0.25, 0.3) is 38.1 Å². The molecule has 0 aliphatic rings. The molecule has 0 N–H and O–H groups in total. The van der Waals surface area contributed by atoms with Gasteiger partial charge >= 0.3 is 0 Å². The zero-order valence-electron chi connectivity index (χ0n) is 16.0. The van der Waals surface area contributed by atoms with Crippen molar-refractivity contribution in [2.45, 2.75) is 13.8 Å². The summed E-state index contributed by atoms with van der Waals surface area (Å²) in [4.78, 5) is 0.697. The average molecular weight is 406 g/mol. The van der Waals surface area contributed by atoms with Crippen molar-refractivity contribution in [1.29, 1.82) is 0 Å². The van der Waals surface area contributed by atoms with Crippen LogP contribution in [0, 0.1) is 0 Å². The molecule has 8 heteroatoms. The number of furan rings is 1. The third-order valence-electron chi connectivity index (χ3n) is 4.43. The quantitative estimate of drug-likeness (QED) is 0.392. The molecule has 0 aliphatic heterocycles. The number of hydrogen-bond donors (Lipinski definition) is 0. The Balaban J connectivity index is 1.56. The van der Waals surface area contributed by atoms with Crippen LogP contribution in [-0.4, -0.2) is 33.0 Å². The molecule has 3 heterocycles. The van der Waals surface area contributed by atoms with Gasteiger partial charge in [-0.15, -0.1) is 10.2 Å². The number of fused-ring (bicyclic) bond motifs is 2. The highest BCUT2D eigenvalue weighted by molar-refractivity contribution is 7.19. The SMILES string of the molecule is CCOc1ccc(-c2nn3c(-c4cc5ccccc5o4)nnc3s2)cc1OCC. The van der Waals surface area contributed by atoms with Crippen molar-refractivity contribution in [1.82, 2.24) is 19.8 Å². The molecule has 3 aromatic heterocycles. The molecule has 0 atom stereocenters. The molecule has 0 amide bonds. The predicted molar refractivity (Wildman–Crippen MR) is 112 cm³/mol. The van der Waals surface area contributed by atoms with Gasteiger partial charge in [0, 0.05) is 10.9 Å². The third kappa shape index (κ3) is 3.11. The van der Waals surface area contributed by atoms with E-state index in [-0.39, 0.29) is 0 Å². The van der Waals surface area contributed by atoms with Crippen LogP contribution in [0.2, 0.25) is 0 Å². The number of nitrogens with zero attached hydrogens (tertiary/aromatic N) is 4. The lowest BCUT2D eigenvalue weighted by molar-refractivity contribution is 0.288.